The van der Waals surface area contributed by atoms with Crippen molar-refractivity contribution in [1.82, 2.24) is 19.7 Å². The van der Waals surface area contributed by atoms with Crippen LogP contribution in [-0.2, 0) is 13.7 Å². The third-order valence-corrected chi connectivity index (χ3v) is 3.63. The van der Waals surface area contributed by atoms with E-state index >= 15 is 0 Å². The second-order valence-corrected chi connectivity index (χ2v) is 5.37. The van der Waals surface area contributed by atoms with Gasteiger partial charge in [-0.05, 0) is 28.1 Å². The summed E-state index contributed by atoms with van der Waals surface area (Å²) in [5.74, 6) is -0.475. The fraction of sp³-hybridized carbons (Fsp3) is 0.154. The summed E-state index contributed by atoms with van der Waals surface area (Å²) in [7, 11) is 1.68. The molecule has 0 aliphatic carbocycles. The van der Waals surface area contributed by atoms with Crippen LogP contribution in [0.2, 0.25) is 0 Å². The maximum Gasteiger partial charge on any atom is 0.275 e. The molecule has 0 radical (unpaired) electrons. The number of aliphatic hydroxyl groups is 1. The molecule has 3 aromatic rings. The van der Waals surface area contributed by atoms with Gasteiger partial charge >= 0.3 is 0 Å². The van der Waals surface area contributed by atoms with E-state index in [9.17, 15) is 14.3 Å². The number of H-pyrrole nitrogens is 1. The van der Waals surface area contributed by atoms with Crippen LogP contribution in [0.25, 0.3) is 22.3 Å². The molecule has 6 nitrogen and oxygen atoms in total. The number of nitrogens with one attached hydrogen (secondary N) is 1. The number of aromatic nitrogens is 4. The zero-order valence-electron chi connectivity index (χ0n) is 10.9. The Bertz CT molecular complexity index is 903. The number of fused-ring (bicyclic) bond motifs is 1. The van der Waals surface area contributed by atoms with Crippen LogP contribution in [0.3, 0.4) is 0 Å². The first-order valence-corrected chi connectivity index (χ1v) is 6.81. The van der Waals surface area contributed by atoms with Crippen molar-refractivity contribution in [2.24, 2.45) is 7.05 Å². The molecular weight excluding hydrogens is 343 g/mol. The van der Waals surface area contributed by atoms with Crippen molar-refractivity contribution in [3.05, 3.63) is 44.7 Å². The summed E-state index contributed by atoms with van der Waals surface area (Å²) in [6, 6.07) is 2.47. The van der Waals surface area contributed by atoms with Gasteiger partial charge in [0.05, 0.1) is 17.8 Å². The number of hydrogen-bond donors (Lipinski definition) is 2. The van der Waals surface area contributed by atoms with Crippen molar-refractivity contribution >= 4 is 27.0 Å². The van der Waals surface area contributed by atoms with Gasteiger partial charge in [-0.3, -0.25) is 9.48 Å². The van der Waals surface area contributed by atoms with Crippen LogP contribution in [0.5, 0.6) is 0 Å². The molecule has 8 heteroatoms. The molecule has 0 aliphatic rings. The van der Waals surface area contributed by atoms with E-state index in [-0.39, 0.29) is 12.3 Å². The molecule has 0 aliphatic heterocycles. The SMILES string of the molecule is Cn1cc(-c2nc3c(Br)cc(F)cc3[nH]c2=O)c(CO)n1. The summed E-state index contributed by atoms with van der Waals surface area (Å²) < 4.78 is 15.3. The van der Waals surface area contributed by atoms with E-state index in [4.69, 9.17) is 0 Å². The van der Waals surface area contributed by atoms with Gasteiger partial charge in [0.1, 0.15) is 17.0 Å². The number of aromatic amines is 1. The van der Waals surface area contributed by atoms with E-state index in [1.807, 2.05) is 0 Å². The minimum Gasteiger partial charge on any atom is -0.390 e. The third-order valence-electron chi connectivity index (χ3n) is 3.03. The van der Waals surface area contributed by atoms with Crippen LogP contribution in [0, 0.1) is 5.82 Å². The molecule has 0 fully saturated rings. The molecule has 2 aromatic heterocycles. The smallest absolute Gasteiger partial charge is 0.275 e. The number of aliphatic hydroxyl groups excluding tert-OH is 1. The van der Waals surface area contributed by atoms with Crippen molar-refractivity contribution in [2.45, 2.75) is 6.61 Å². The van der Waals surface area contributed by atoms with Gasteiger partial charge < -0.3 is 10.1 Å². The third kappa shape index (κ3) is 2.36. The Balaban J connectivity index is 2.33. The van der Waals surface area contributed by atoms with E-state index in [2.05, 4.69) is 31.0 Å². The summed E-state index contributed by atoms with van der Waals surface area (Å²) in [4.78, 5) is 19.0. The lowest BCUT2D eigenvalue weighted by Gasteiger charge is -2.04. The molecule has 1 aromatic carbocycles. The molecule has 0 saturated carbocycles. The molecule has 0 atom stereocenters. The van der Waals surface area contributed by atoms with Gasteiger partial charge in [0.25, 0.3) is 5.56 Å². The number of benzene rings is 1. The second-order valence-electron chi connectivity index (χ2n) is 4.52. The lowest BCUT2D eigenvalue weighted by atomic mass is 10.2. The largest absolute Gasteiger partial charge is 0.390 e. The van der Waals surface area contributed by atoms with Gasteiger partial charge in [0.15, 0.2) is 0 Å². The predicted octanol–water partition coefficient (Wildman–Crippen LogP) is 1.72. The Morgan fingerprint density at radius 2 is 2.24 bits per heavy atom. The highest BCUT2D eigenvalue weighted by Gasteiger charge is 2.16. The van der Waals surface area contributed by atoms with Crippen LogP contribution in [0.1, 0.15) is 5.69 Å². The quantitative estimate of drug-likeness (QED) is 0.735. The van der Waals surface area contributed by atoms with E-state index in [1.54, 1.807) is 13.2 Å². The van der Waals surface area contributed by atoms with Gasteiger partial charge in [-0.1, -0.05) is 0 Å². The number of hydrogen-bond acceptors (Lipinski definition) is 4. The summed E-state index contributed by atoms with van der Waals surface area (Å²) in [6.45, 7) is -0.306. The van der Waals surface area contributed by atoms with Crippen molar-refractivity contribution in [1.29, 1.82) is 0 Å². The number of aryl methyl sites for hydroxylation is 1. The first-order valence-electron chi connectivity index (χ1n) is 6.02. The minimum atomic E-state index is -0.475. The average molecular weight is 353 g/mol. The van der Waals surface area contributed by atoms with Gasteiger partial charge in [0, 0.05) is 23.3 Å². The van der Waals surface area contributed by atoms with E-state index in [0.29, 0.717) is 26.8 Å². The summed E-state index contributed by atoms with van der Waals surface area (Å²) in [5.41, 5.74) is 1.19. The summed E-state index contributed by atoms with van der Waals surface area (Å²) in [6.07, 6.45) is 1.60. The van der Waals surface area contributed by atoms with Crippen LogP contribution in [-0.4, -0.2) is 24.9 Å². The molecule has 0 bridgehead atoms. The molecule has 2 heterocycles. The monoisotopic (exact) mass is 352 g/mol. The van der Waals surface area contributed by atoms with Gasteiger partial charge in [0.2, 0.25) is 0 Å². The lowest BCUT2D eigenvalue weighted by molar-refractivity contribution is 0.276. The minimum absolute atomic E-state index is 0.131. The van der Waals surface area contributed by atoms with Crippen molar-refractivity contribution in [3.63, 3.8) is 0 Å². The lowest BCUT2D eigenvalue weighted by Crippen LogP contribution is -2.12. The van der Waals surface area contributed by atoms with Gasteiger partial charge in [-0.25, -0.2) is 9.37 Å². The molecule has 3 rings (SSSR count). The van der Waals surface area contributed by atoms with Crippen molar-refractivity contribution < 1.29 is 9.50 Å². The van der Waals surface area contributed by atoms with Crippen LogP contribution in [0.4, 0.5) is 4.39 Å². The Labute approximate surface area is 126 Å². The summed E-state index contributed by atoms with van der Waals surface area (Å²) in [5, 5.41) is 13.4. The van der Waals surface area contributed by atoms with E-state index in [0.717, 1.165) is 0 Å². The highest BCUT2D eigenvalue weighted by atomic mass is 79.9. The zero-order valence-corrected chi connectivity index (χ0v) is 12.5. The molecule has 21 heavy (non-hydrogen) atoms. The fourth-order valence-corrected chi connectivity index (χ4v) is 2.67. The summed E-state index contributed by atoms with van der Waals surface area (Å²) >= 11 is 3.23. The van der Waals surface area contributed by atoms with E-state index in [1.165, 1.54) is 16.8 Å². The van der Waals surface area contributed by atoms with Crippen molar-refractivity contribution in [3.8, 4) is 11.3 Å². The highest BCUT2D eigenvalue weighted by molar-refractivity contribution is 9.10. The molecule has 0 amide bonds. The topological polar surface area (TPSA) is 83.8 Å². The van der Waals surface area contributed by atoms with Crippen LogP contribution in [0.15, 0.2) is 27.6 Å². The first kappa shape index (κ1) is 13.9. The normalized spacial score (nSPS) is 11.2. The molecule has 108 valence electrons. The number of halogens is 2. The van der Waals surface area contributed by atoms with Gasteiger partial charge in [-0.2, -0.15) is 5.10 Å². The maximum absolute atomic E-state index is 13.3. The first-order chi connectivity index (χ1) is 9.99. The standard InChI is InChI=1S/C13H10BrFN4O2/c1-19-4-7(10(5-20)18-19)11-13(21)16-9-3-6(15)2-8(14)12(9)17-11/h2-4,20H,5H2,1H3,(H,16,21). The highest BCUT2D eigenvalue weighted by Crippen LogP contribution is 2.25. The number of rotatable bonds is 2. The molecule has 2 N–H and O–H groups in total. The van der Waals surface area contributed by atoms with Gasteiger partial charge in [-0.15, -0.1) is 0 Å². The van der Waals surface area contributed by atoms with Crippen LogP contribution >= 0.6 is 15.9 Å². The fourth-order valence-electron chi connectivity index (χ4n) is 2.15. The Morgan fingerprint density at radius 3 is 2.95 bits per heavy atom. The molecule has 0 unspecified atom stereocenters. The predicted molar refractivity (Wildman–Crippen MR) is 78.1 cm³/mol. The molecular formula is C13H10BrFN4O2. The Hall–Kier alpha value is -2.06. The van der Waals surface area contributed by atoms with Crippen molar-refractivity contribution in [2.75, 3.05) is 0 Å². The number of nitrogens with zero attached hydrogens (tertiary/aromatic N) is 3. The average Bonchev–Trinajstić information content (AvgIpc) is 2.78. The van der Waals surface area contributed by atoms with E-state index < -0.39 is 11.4 Å². The Morgan fingerprint density at radius 1 is 1.48 bits per heavy atom. The zero-order chi connectivity index (χ0) is 15.1. The van der Waals surface area contributed by atoms with Crippen LogP contribution < -0.4 is 5.56 Å². The molecule has 0 spiro atoms. The second kappa shape index (κ2) is 5.05. The maximum atomic E-state index is 13.3. The Kier molecular flexibility index (Phi) is 3.34. The molecule has 0 saturated heterocycles.